The van der Waals surface area contributed by atoms with E-state index < -0.39 is 43.0 Å². The quantitative estimate of drug-likeness (QED) is 0.0996. The van der Waals surface area contributed by atoms with Gasteiger partial charge < -0.3 is 4.42 Å². The Morgan fingerprint density at radius 2 is 0.860 bits per heavy atom. The third-order valence-electron chi connectivity index (χ3n) is 9.01. The molecule has 50 heavy (non-hydrogen) atoms. The molecule has 0 aliphatic carbocycles. The number of pyridine rings is 1. The summed E-state index contributed by atoms with van der Waals surface area (Å²) in [6, 6.07) is 32.8. The Bertz CT molecular complexity index is 2450. The van der Waals surface area contributed by atoms with Crippen molar-refractivity contribution in [3.8, 4) is 22.3 Å². The summed E-state index contributed by atoms with van der Waals surface area (Å²) < 4.78 is 94.4. The topological polar surface area (TPSA) is 26.0 Å². The van der Waals surface area contributed by atoms with Crippen molar-refractivity contribution in [1.29, 1.82) is 0 Å². The fraction of sp³-hybridized carbons (Fsp3) is 0. The lowest BCUT2D eigenvalue weighted by molar-refractivity contribution is 0.583. The number of rotatable bonds is 6. The first-order chi connectivity index (χ1) is 24.2. The molecule has 0 radical (unpaired) electrons. The molecule has 2 aromatic heterocycles. The van der Waals surface area contributed by atoms with E-state index in [1.807, 2.05) is 42.5 Å². The van der Waals surface area contributed by atoms with Crippen LogP contribution in [0.2, 0.25) is 0 Å². The van der Waals surface area contributed by atoms with Crippen LogP contribution in [0, 0.1) is 34.9 Å². The molecule has 2 heterocycles. The van der Waals surface area contributed by atoms with Crippen molar-refractivity contribution in [3.05, 3.63) is 175 Å². The Kier molecular flexibility index (Phi) is 7.64. The van der Waals surface area contributed by atoms with E-state index in [1.54, 1.807) is 42.6 Å². The smallest absolute Gasteiger partial charge is 0.227 e. The fourth-order valence-corrected chi connectivity index (χ4v) is 11.6. The predicted octanol–water partition coefficient (Wildman–Crippen LogP) is 8.53. The van der Waals surface area contributed by atoms with Gasteiger partial charge in [-0.05, 0) is 104 Å². The van der Waals surface area contributed by atoms with E-state index in [9.17, 15) is 8.78 Å². The summed E-state index contributed by atoms with van der Waals surface area (Å²) >= 11 is 0. The molecule has 0 N–H and O–H groups in total. The molecule has 244 valence electrons. The van der Waals surface area contributed by atoms with E-state index in [-0.39, 0.29) is 15.9 Å². The summed E-state index contributed by atoms with van der Waals surface area (Å²) in [5, 5.41) is 3.30. The summed E-state index contributed by atoms with van der Waals surface area (Å²) in [6.07, 6.45) is 1.66. The Hall–Kier alpha value is -5.93. The second-order valence-electron chi connectivity index (χ2n) is 12.0. The van der Waals surface area contributed by atoms with E-state index in [1.165, 1.54) is 36.4 Å². The highest BCUT2D eigenvalue weighted by molar-refractivity contribution is 7.19. The lowest BCUT2D eigenvalue weighted by Gasteiger charge is -2.34. The van der Waals surface area contributed by atoms with Crippen LogP contribution in [-0.4, -0.2) is 13.1 Å². The van der Waals surface area contributed by atoms with Crippen molar-refractivity contribution in [2.24, 2.45) is 0 Å². The van der Waals surface area contributed by atoms with E-state index >= 15 is 17.6 Å². The minimum absolute atomic E-state index is 0.202. The Morgan fingerprint density at radius 1 is 0.400 bits per heavy atom. The van der Waals surface area contributed by atoms with Crippen molar-refractivity contribution >= 4 is 50.9 Å². The summed E-state index contributed by atoms with van der Waals surface area (Å²) in [5.41, 5.74) is 3.53. The highest BCUT2D eigenvalue weighted by Crippen LogP contribution is 2.31. The number of benzene rings is 6. The van der Waals surface area contributed by atoms with E-state index in [0.717, 1.165) is 40.1 Å². The number of aromatic nitrogens is 1. The summed E-state index contributed by atoms with van der Waals surface area (Å²) in [7, 11) is -3.90. The molecule has 0 amide bonds. The number of hydrogen-bond donors (Lipinski definition) is 0. The van der Waals surface area contributed by atoms with Gasteiger partial charge in [-0.3, -0.25) is 0 Å². The van der Waals surface area contributed by atoms with Crippen LogP contribution >= 0.6 is 0 Å². The Morgan fingerprint density at radius 3 is 1.38 bits per heavy atom. The number of hydrogen-bond acceptors (Lipinski definition) is 2. The molecule has 6 aromatic carbocycles. The largest absolute Gasteiger partial charge is 0.438 e. The van der Waals surface area contributed by atoms with Crippen LogP contribution in [0.1, 0.15) is 0 Å². The number of fused-ring (bicyclic) bond motifs is 3. The van der Waals surface area contributed by atoms with Gasteiger partial charge in [0.15, 0.2) is 8.07 Å². The van der Waals surface area contributed by atoms with E-state index in [0.29, 0.717) is 27.2 Å². The molecule has 0 atom stereocenters. The third kappa shape index (κ3) is 5.45. The minimum atomic E-state index is -3.90. The normalized spacial score (nSPS) is 11.8. The molecule has 0 bridgehead atoms. The van der Waals surface area contributed by atoms with E-state index in [2.05, 4.69) is 4.98 Å². The maximum absolute atomic E-state index is 15.1. The molecular formula is C41H23F6NOSi. The van der Waals surface area contributed by atoms with Crippen LogP contribution in [0.5, 0.6) is 0 Å². The highest BCUT2D eigenvalue weighted by Gasteiger charge is 2.43. The highest BCUT2D eigenvalue weighted by atomic mass is 28.3. The van der Waals surface area contributed by atoms with Crippen molar-refractivity contribution in [2.45, 2.75) is 0 Å². The van der Waals surface area contributed by atoms with Gasteiger partial charge in [0.2, 0.25) is 5.71 Å². The molecule has 0 saturated carbocycles. The minimum Gasteiger partial charge on any atom is -0.438 e. The van der Waals surface area contributed by atoms with Crippen molar-refractivity contribution in [2.75, 3.05) is 0 Å². The molecule has 0 unspecified atom stereocenters. The lowest BCUT2D eigenvalue weighted by Crippen LogP contribution is -2.75. The molecular weight excluding hydrogens is 665 g/mol. The average Bonchev–Trinajstić information content (AvgIpc) is 3.46. The van der Waals surface area contributed by atoms with Crippen molar-refractivity contribution in [3.63, 3.8) is 0 Å². The molecule has 8 rings (SSSR count). The molecule has 8 aromatic rings. The molecule has 0 saturated heterocycles. The van der Waals surface area contributed by atoms with Crippen LogP contribution < -0.4 is 20.7 Å². The van der Waals surface area contributed by atoms with Gasteiger partial charge in [0.1, 0.15) is 40.5 Å². The standard InChI is InChI=1S/C41H23F6NOSi/c42-28-14-27(15-29(43)17-28)25-5-10-35(11-6-25)50(36-20-30(44)18-31(45)21-36,37-22-32(46)19-33(47)23-37)34-8-3-24(4-9-34)26-7-12-38-39-2-1-13-48-41(39)49-40(38)16-26/h1-23H. The maximum Gasteiger partial charge on any atom is 0.227 e. The second-order valence-corrected chi connectivity index (χ2v) is 15.9. The number of halogens is 6. The molecule has 9 heteroatoms. The second kappa shape index (κ2) is 12.2. The lowest BCUT2D eigenvalue weighted by atomic mass is 10.0. The van der Waals surface area contributed by atoms with Gasteiger partial charge in [0.05, 0.1) is 0 Å². The van der Waals surface area contributed by atoms with Crippen LogP contribution in [-0.2, 0) is 0 Å². The maximum atomic E-state index is 15.1. The first kappa shape index (κ1) is 31.3. The molecule has 0 spiro atoms. The monoisotopic (exact) mass is 687 g/mol. The van der Waals surface area contributed by atoms with Gasteiger partial charge in [0, 0.05) is 35.2 Å². The first-order valence-corrected chi connectivity index (χ1v) is 17.6. The van der Waals surface area contributed by atoms with Crippen molar-refractivity contribution < 1.29 is 30.8 Å². The first-order valence-electron chi connectivity index (χ1n) is 15.6. The molecule has 0 fully saturated rings. The third-order valence-corrected chi connectivity index (χ3v) is 13.7. The van der Waals surface area contributed by atoms with Crippen LogP contribution in [0.25, 0.3) is 44.3 Å². The summed E-state index contributed by atoms with van der Waals surface area (Å²) in [5.74, 6) is -4.93. The zero-order valence-electron chi connectivity index (χ0n) is 25.9. The predicted molar refractivity (Wildman–Crippen MR) is 186 cm³/mol. The number of furan rings is 1. The average molecular weight is 688 g/mol. The van der Waals surface area contributed by atoms with Crippen LogP contribution in [0.3, 0.4) is 0 Å². The summed E-state index contributed by atoms with van der Waals surface area (Å²) in [6.45, 7) is 0. The molecule has 0 aliphatic rings. The van der Waals surface area contributed by atoms with Gasteiger partial charge in [-0.2, -0.15) is 0 Å². The zero-order valence-corrected chi connectivity index (χ0v) is 26.9. The van der Waals surface area contributed by atoms with Gasteiger partial charge >= 0.3 is 0 Å². The zero-order chi connectivity index (χ0) is 34.6. The van der Waals surface area contributed by atoms with Crippen LogP contribution in [0.15, 0.2) is 144 Å². The number of nitrogens with zero attached hydrogens (tertiary/aromatic N) is 1. The Balaban J connectivity index is 1.34. The van der Waals surface area contributed by atoms with E-state index in [4.69, 9.17) is 4.42 Å². The SMILES string of the molecule is Fc1cc(F)cc(-c2ccc([Si](c3ccc(-c4ccc5c(c4)oc4ncccc45)cc3)(c3cc(F)cc(F)c3)c3cc(F)cc(F)c3)cc2)c1. The Labute approximate surface area is 282 Å². The van der Waals surface area contributed by atoms with Crippen molar-refractivity contribution in [1.82, 2.24) is 4.98 Å². The fourth-order valence-electron chi connectivity index (χ4n) is 6.88. The van der Waals surface area contributed by atoms with Gasteiger partial charge in [0.25, 0.3) is 0 Å². The van der Waals surface area contributed by atoms with Gasteiger partial charge in [-0.15, -0.1) is 0 Å². The molecule has 0 aliphatic heterocycles. The van der Waals surface area contributed by atoms with Gasteiger partial charge in [-0.25, -0.2) is 31.3 Å². The summed E-state index contributed by atoms with van der Waals surface area (Å²) in [4.78, 5) is 4.30. The molecule has 2 nitrogen and oxygen atoms in total. The van der Waals surface area contributed by atoms with Gasteiger partial charge in [-0.1, -0.05) is 54.6 Å². The van der Waals surface area contributed by atoms with Crippen LogP contribution in [0.4, 0.5) is 26.3 Å².